The molecular formula is C23H22F2N4O4S. The minimum Gasteiger partial charge on any atom is -0.435 e. The molecule has 0 bridgehead atoms. The number of carbonyl (C=O) groups excluding carboxylic acids is 2. The van der Waals surface area contributed by atoms with Crippen molar-refractivity contribution in [3.05, 3.63) is 58.9 Å². The highest BCUT2D eigenvalue weighted by molar-refractivity contribution is 7.99. The molecule has 2 N–H and O–H groups in total. The Balaban J connectivity index is 1.55. The first-order valence-corrected chi connectivity index (χ1v) is 11.7. The van der Waals surface area contributed by atoms with Crippen LogP contribution >= 0.6 is 11.8 Å². The predicted octanol–water partition coefficient (Wildman–Crippen LogP) is 3.85. The SMILES string of the molecule is O=C(CSc1nc2ccccc2c(=O)n1-c1ccc(OC(F)F)cc1)NC(=O)NC1CCCC1. The Morgan fingerprint density at radius 2 is 1.82 bits per heavy atom. The van der Waals surface area contributed by atoms with Gasteiger partial charge in [0.15, 0.2) is 5.16 Å². The van der Waals surface area contributed by atoms with Crippen LogP contribution in [-0.4, -0.2) is 39.9 Å². The van der Waals surface area contributed by atoms with Gasteiger partial charge in [0.25, 0.3) is 5.56 Å². The Bertz CT molecular complexity index is 1240. The van der Waals surface area contributed by atoms with E-state index in [1.54, 1.807) is 24.3 Å². The highest BCUT2D eigenvalue weighted by Gasteiger charge is 2.19. The molecule has 178 valence electrons. The van der Waals surface area contributed by atoms with E-state index in [-0.39, 0.29) is 28.3 Å². The lowest BCUT2D eigenvalue weighted by molar-refractivity contribution is -0.117. The van der Waals surface area contributed by atoms with Crippen LogP contribution in [0.1, 0.15) is 25.7 Å². The minimum absolute atomic E-state index is 0.0533. The van der Waals surface area contributed by atoms with E-state index in [9.17, 15) is 23.2 Å². The number of carbonyl (C=O) groups is 2. The summed E-state index contributed by atoms with van der Waals surface area (Å²) in [6.45, 7) is -2.97. The second-order valence-electron chi connectivity index (χ2n) is 7.72. The number of fused-ring (bicyclic) bond motifs is 1. The molecule has 3 aromatic rings. The van der Waals surface area contributed by atoms with Gasteiger partial charge >= 0.3 is 12.6 Å². The van der Waals surface area contributed by atoms with Crippen LogP contribution in [0, 0.1) is 0 Å². The average molecular weight is 489 g/mol. The summed E-state index contributed by atoms with van der Waals surface area (Å²) in [4.78, 5) is 42.1. The number of hydrogen-bond acceptors (Lipinski definition) is 6. The molecular weight excluding hydrogens is 466 g/mol. The highest BCUT2D eigenvalue weighted by atomic mass is 32.2. The lowest BCUT2D eigenvalue weighted by atomic mass is 10.2. The van der Waals surface area contributed by atoms with Gasteiger partial charge in [0.05, 0.1) is 22.3 Å². The van der Waals surface area contributed by atoms with Crippen LogP contribution in [0.25, 0.3) is 16.6 Å². The number of aromatic nitrogens is 2. The molecule has 0 aliphatic heterocycles. The number of benzene rings is 2. The van der Waals surface area contributed by atoms with Crippen LogP contribution in [0.2, 0.25) is 0 Å². The maximum Gasteiger partial charge on any atom is 0.387 e. The van der Waals surface area contributed by atoms with Crippen molar-refractivity contribution in [3.63, 3.8) is 0 Å². The number of ether oxygens (including phenoxy) is 1. The maximum atomic E-state index is 13.2. The number of urea groups is 1. The first-order valence-electron chi connectivity index (χ1n) is 10.7. The fourth-order valence-electron chi connectivity index (χ4n) is 3.80. The number of imide groups is 1. The van der Waals surface area contributed by atoms with E-state index in [2.05, 4.69) is 20.4 Å². The normalized spacial score (nSPS) is 13.9. The van der Waals surface area contributed by atoms with Gasteiger partial charge in [-0.05, 0) is 49.2 Å². The minimum atomic E-state index is -2.97. The van der Waals surface area contributed by atoms with E-state index >= 15 is 0 Å². The van der Waals surface area contributed by atoms with E-state index in [0.717, 1.165) is 37.4 Å². The summed E-state index contributed by atoms with van der Waals surface area (Å²) >= 11 is 0.987. The smallest absolute Gasteiger partial charge is 0.387 e. The summed E-state index contributed by atoms with van der Waals surface area (Å²) in [6, 6.07) is 11.8. The van der Waals surface area contributed by atoms with Gasteiger partial charge in [0.2, 0.25) is 5.91 Å². The van der Waals surface area contributed by atoms with Gasteiger partial charge in [-0.25, -0.2) is 9.78 Å². The van der Waals surface area contributed by atoms with E-state index in [4.69, 9.17) is 0 Å². The van der Waals surface area contributed by atoms with E-state index in [1.165, 1.54) is 28.8 Å². The van der Waals surface area contributed by atoms with Gasteiger partial charge in [-0.2, -0.15) is 8.78 Å². The molecule has 1 saturated carbocycles. The van der Waals surface area contributed by atoms with Gasteiger partial charge in [0, 0.05) is 6.04 Å². The molecule has 8 nitrogen and oxygen atoms in total. The van der Waals surface area contributed by atoms with Gasteiger partial charge in [-0.3, -0.25) is 19.5 Å². The van der Waals surface area contributed by atoms with Crippen LogP contribution in [0.15, 0.2) is 58.5 Å². The Hall–Kier alpha value is -3.47. The highest BCUT2D eigenvalue weighted by Crippen LogP contribution is 2.23. The third-order valence-electron chi connectivity index (χ3n) is 5.34. The number of alkyl halides is 2. The zero-order valence-corrected chi connectivity index (χ0v) is 18.8. The predicted molar refractivity (Wildman–Crippen MR) is 124 cm³/mol. The molecule has 1 aromatic heterocycles. The molecule has 34 heavy (non-hydrogen) atoms. The molecule has 1 aliphatic rings. The monoisotopic (exact) mass is 488 g/mol. The summed E-state index contributed by atoms with van der Waals surface area (Å²) < 4.78 is 30.6. The summed E-state index contributed by atoms with van der Waals surface area (Å²) in [5.41, 5.74) is 0.435. The van der Waals surface area contributed by atoms with Crippen molar-refractivity contribution in [2.24, 2.45) is 0 Å². The number of thioether (sulfide) groups is 1. The third-order valence-corrected chi connectivity index (χ3v) is 6.28. The fraction of sp³-hybridized carbons (Fsp3) is 0.304. The standard InChI is InChI=1S/C23H22F2N4O4S/c24-21(25)33-16-11-9-15(10-12-16)29-20(31)17-7-3-4-8-18(17)27-23(29)34-13-19(30)28-22(32)26-14-5-1-2-6-14/h3-4,7-12,14,21H,1-2,5-6,13H2,(H2,26,28,30,32). The zero-order valence-electron chi connectivity index (χ0n) is 18.0. The molecule has 0 saturated heterocycles. The molecule has 4 rings (SSSR count). The zero-order chi connectivity index (χ0) is 24.1. The van der Waals surface area contributed by atoms with Crippen LogP contribution < -0.4 is 20.9 Å². The molecule has 0 spiro atoms. The van der Waals surface area contributed by atoms with Crippen molar-refractivity contribution in [3.8, 4) is 11.4 Å². The maximum absolute atomic E-state index is 13.2. The number of nitrogens with zero attached hydrogens (tertiary/aromatic N) is 2. The number of hydrogen-bond donors (Lipinski definition) is 2. The Labute approximate surface area is 197 Å². The number of amides is 3. The van der Waals surface area contributed by atoms with Crippen molar-refractivity contribution in [2.75, 3.05) is 5.75 Å². The molecule has 0 atom stereocenters. The number of nitrogens with one attached hydrogen (secondary N) is 2. The van der Waals surface area contributed by atoms with Gasteiger partial charge in [0.1, 0.15) is 5.75 Å². The molecule has 1 heterocycles. The average Bonchev–Trinajstić information content (AvgIpc) is 3.31. The number of rotatable bonds is 7. The lowest BCUT2D eigenvalue weighted by Gasteiger charge is -2.14. The second-order valence-corrected chi connectivity index (χ2v) is 8.66. The number of halogens is 2. The lowest BCUT2D eigenvalue weighted by Crippen LogP contribution is -2.44. The molecule has 1 aliphatic carbocycles. The molecule has 0 radical (unpaired) electrons. The quantitative estimate of drug-likeness (QED) is 0.387. The second kappa shape index (κ2) is 10.6. The summed E-state index contributed by atoms with van der Waals surface area (Å²) in [6.07, 6.45) is 3.89. The molecule has 2 aromatic carbocycles. The van der Waals surface area contributed by atoms with E-state index in [1.807, 2.05) is 0 Å². The first kappa shape index (κ1) is 23.7. The van der Waals surface area contributed by atoms with Crippen molar-refractivity contribution in [1.82, 2.24) is 20.2 Å². The van der Waals surface area contributed by atoms with Crippen molar-refractivity contribution >= 4 is 34.6 Å². The van der Waals surface area contributed by atoms with Gasteiger partial charge < -0.3 is 10.1 Å². The van der Waals surface area contributed by atoms with Crippen molar-refractivity contribution in [2.45, 2.75) is 43.5 Å². The van der Waals surface area contributed by atoms with Crippen LogP contribution in [0.5, 0.6) is 5.75 Å². The number of para-hydroxylation sites is 1. The summed E-state index contributed by atoms with van der Waals surface area (Å²) in [5.74, 6) is -0.743. The summed E-state index contributed by atoms with van der Waals surface area (Å²) in [7, 11) is 0. The van der Waals surface area contributed by atoms with Gasteiger partial charge in [-0.1, -0.05) is 36.7 Å². The molecule has 0 unspecified atom stereocenters. The molecule has 1 fully saturated rings. The van der Waals surface area contributed by atoms with Crippen LogP contribution in [0.4, 0.5) is 13.6 Å². The Morgan fingerprint density at radius 3 is 2.53 bits per heavy atom. The Morgan fingerprint density at radius 1 is 1.12 bits per heavy atom. The van der Waals surface area contributed by atoms with Crippen molar-refractivity contribution < 1.29 is 23.1 Å². The van der Waals surface area contributed by atoms with Crippen molar-refractivity contribution in [1.29, 1.82) is 0 Å². The van der Waals surface area contributed by atoms with Gasteiger partial charge in [-0.15, -0.1) is 0 Å². The molecule has 3 amide bonds. The third kappa shape index (κ3) is 5.71. The van der Waals surface area contributed by atoms with E-state index in [0.29, 0.717) is 16.6 Å². The summed E-state index contributed by atoms with van der Waals surface area (Å²) in [5, 5.41) is 5.66. The first-order chi connectivity index (χ1) is 16.4. The molecule has 11 heteroatoms. The fourth-order valence-corrected chi connectivity index (χ4v) is 4.61. The van der Waals surface area contributed by atoms with Crippen LogP contribution in [0.3, 0.4) is 0 Å². The largest absolute Gasteiger partial charge is 0.435 e. The van der Waals surface area contributed by atoms with E-state index < -0.39 is 18.5 Å². The Kier molecular flexibility index (Phi) is 7.41. The van der Waals surface area contributed by atoms with Crippen LogP contribution in [-0.2, 0) is 4.79 Å². The topological polar surface area (TPSA) is 102 Å².